The highest BCUT2D eigenvalue weighted by Gasteiger charge is 2.27. The van der Waals surface area contributed by atoms with E-state index in [0.717, 1.165) is 24.1 Å². The van der Waals surface area contributed by atoms with E-state index in [1.807, 2.05) is 24.5 Å². The average molecular weight is 500 g/mol. The van der Waals surface area contributed by atoms with Gasteiger partial charge in [0.15, 0.2) is 0 Å². The molecule has 0 unspecified atom stereocenters. The summed E-state index contributed by atoms with van der Waals surface area (Å²) in [5.74, 6) is 0.899. The quantitative estimate of drug-likeness (QED) is 0.471. The summed E-state index contributed by atoms with van der Waals surface area (Å²) in [4.78, 5) is 17.1. The van der Waals surface area contributed by atoms with Gasteiger partial charge in [0.2, 0.25) is 15.9 Å². The maximum absolute atomic E-state index is 12.7. The van der Waals surface area contributed by atoms with E-state index in [9.17, 15) is 18.5 Å². The normalized spacial score (nSPS) is 14.3. The number of nitrogens with zero attached hydrogens (tertiary/aromatic N) is 4. The molecule has 3 aromatic heterocycles. The van der Waals surface area contributed by atoms with Gasteiger partial charge in [0.1, 0.15) is 22.5 Å². The number of amides is 1. The van der Waals surface area contributed by atoms with E-state index in [1.165, 1.54) is 28.3 Å². The molecule has 0 aromatic carbocycles. The minimum atomic E-state index is -3.52. The zero-order chi connectivity index (χ0) is 24.3. The first kappa shape index (κ1) is 24.1. The van der Waals surface area contributed by atoms with Gasteiger partial charge in [0, 0.05) is 25.0 Å². The van der Waals surface area contributed by atoms with Crippen molar-refractivity contribution in [2.45, 2.75) is 43.2 Å². The SMILES string of the molecule is Cc1c(C#N)c(NC(=O)CSc2ccc(S(=O)(=O)N3CCCC3)cn2)n(Cc2ccco2)c1C. The molecule has 0 bridgehead atoms. The summed E-state index contributed by atoms with van der Waals surface area (Å²) >= 11 is 1.19. The number of hydrogen-bond acceptors (Lipinski definition) is 7. The molecule has 1 saturated heterocycles. The van der Waals surface area contributed by atoms with E-state index in [-0.39, 0.29) is 16.6 Å². The molecule has 1 aliphatic heterocycles. The van der Waals surface area contributed by atoms with Crippen LogP contribution in [0, 0.1) is 25.2 Å². The van der Waals surface area contributed by atoms with Crippen molar-refractivity contribution >= 4 is 33.5 Å². The van der Waals surface area contributed by atoms with Crippen LogP contribution >= 0.6 is 11.8 Å². The second-order valence-corrected chi connectivity index (χ2v) is 10.9. The molecule has 0 spiro atoms. The number of nitrogens with one attached hydrogen (secondary N) is 1. The van der Waals surface area contributed by atoms with Gasteiger partial charge in [-0.15, -0.1) is 0 Å². The van der Waals surface area contributed by atoms with Crippen molar-refractivity contribution in [3.63, 3.8) is 0 Å². The molecule has 3 aromatic rings. The first-order chi connectivity index (χ1) is 16.3. The van der Waals surface area contributed by atoms with Crippen LogP contribution in [0.25, 0.3) is 0 Å². The maximum atomic E-state index is 12.7. The highest BCUT2D eigenvalue weighted by atomic mass is 32.2. The fourth-order valence-corrected chi connectivity index (χ4v) is 5.98. The van der Waals surface area contributed by atoms with Crippen molar-refractivity contribution in [3.8, 4) is 6.07 Å². The van der Waals surface area contributed by atoms with E-state index < -0.39 is 10.0 Å². The number of hydrogen-bond donors (Lipinski definition) is 1. The van der Waals surface area contributed by atoms with Crippen LogP contribution in [0.2, 0.25) is 0 Å². The molecule has 0 atom stereocenters. The third-order valence-corrected chi connectivity index (χ3v) is 8.68. The average Bonchev–Trinajstić information content (AvgIpc) is 3.58. The summed E-state index contributed by atoms with van der Waals surface area (Å²) in [6.07, 6.45) is 4.65. The van der Waals surface area contributed by atoms with Crippen LogP contribution in [0.4, 0.5) is 5.82 Å². The maximum Gasteiger partial charge on any atom is 0.244 e. The molecule has 1 amide bonds. The van der Waals surface area contributed by atoms with Gasteiger partial charge in [-0.2, -0.15) is 9.57 Å². The predicted molar refractivity (Wildman–Crippen MR) is 128 cm³/mol. The van der Waals surface area contributed by atoms with Crippen molar-refractivity contribution in [3.05, 3.63) is 59.3 Å². The Morgan fingerprint density at radius 2 is 2.03 bits per heavy atom. The Balaban J connectivity index is 1.43. The van der Waals surface area contributed by atoms with E-state index in [4.69, 9.17) is 4.42 Å². The number of carbonyl (C=O) groups is 1. The first-order valence-corrected chi connectivity index (χ1v) is 13.2. The molecule has 4 rings (SSSR count). The molecule has 1 fully saturated rings. The lowest BCUT2D eigenvalue weighted by Crippen LogP contribution is -2.27. The molecule has 34 heavy (non-hydrogen) atoms. The smallest absolute Gasteiger partial charge is 0.244 e. The number of aromatic nitrogens is 2. The summed E-state index contributed by atoms with van der Waals surface area (Å²) < 4.78 is 34.0. The minimum Gasteiger partial charge on any atom is -0.467 e. The predicted octanol–water partition coefficient (Wildman–Crippen LogP) is 3.53. The summed E-state index contributed by atoms with van der Waals surface area (Å²) in [6.45, 7) is 5.19. The van der Waals surface area contributed by atoms with Gasteiger partial charge in [0.05, 0.1) is 29.2 Å². The zero-order valence-corrected chi connectivity index (χ0v) is 20.6. The zero-order valence-electron chi connectivity index (χ0n) is 18.9. The van der Waals surface area contributed by atoms with Crippen molar-refractivity contribution in [2.75, 3.05) is 24.2 Å². The summed E-state index contributed by atoms with van der Waals surface area (Å²) in [5.41, 5.74) is 2.08. The summed E-state index contributed by atoms with van der Waals surface area (Å²) in [7, 11) is -3.52. The molecule has 4 heterocycles. The van der Waals surface area contributed by atoms with E-state index in [0.29, 0.717) is 41.8 Å². The van der Waals surface area contributed by atoms with E-state index >= 15 is 0 Å². The third-order valence-electron chi connectivity index (χ3n) is 5.86. The van der Waals surface area contributed by atoms with Gasteiger partial charge in [-0.3, -0.25) is 4.79 Å². The van der Waals surface area contributed by atoms with Crippen molar-refractivity contribution in [1.29, 1.82) is 5.26 Å². The minimum absolute atomic E-state index is 0.0557. The number of rotatable bonds is 8. The monoisotopic (exact) mass is 499 g/mol. The Labute approximate surface area is 202 Å². The van der Waals surface area contributed by atoms with Crippen LogP contribution in [-0.4, -0.2) is 47.0 Å². The molecule has 178 valence electrons. The fourth-order valence-electron chi connectivity index (χ4n) is 3.88. The van der Waals surface area contributed by atoms with Gasteiger partial charge < -0.3 is 14.3 Å². The number of carbonyl (C=O) groups excluding carboxylic acids is 1. The van der Waals surface area contributed by atoms with E-state index in [1.54, 1.807) is 18.4 Å². The lowest BCUT2D eigenvalue weighted by molar-refractivity contribution is -0.113. The van der Waals surface area contributed by atoms with Crippen LogP contribution in [0.1, 0.15) is 35.4 Å². The largest absolute Gasteiger partial charge is 0.467 e. The lowest BCUT2D eigenvalue weighted by Gasteiger charge is -2.15. The highest BCUT2D eigenvalue weighted by molar-refractivity contribution is 7.99. The topological polar surface area (TPSA) is 121 Å². The number of anilines is 1. The molecule has 1 aliphatic rings. The molecular weight excluding hydrogens is 474 g/mol. The molecule has 0 aliphatic carbocycles. The Kier molecular flexibility index (Phi) is 7.11. The van der Waals surface area contributed by atoms with E-state index in [2.05, 4.69) is 16.4 Å². The Morgan fingerprint density at radius 3 is 2.65 bits per heavy atom. The van der Waals surface area contributed by atoms with Crippen LogP contribution in [-0.2, 0) is 21.4 Å². The Bertz CT molecular complexity index is 1320. The van der Waals surface area contributed by atoms with Gasteiger partial charge >= 0.3 is 0 Å². The number of pyridine rings is 1. The lowest BCUT2D eigenvalue weighted by atomic mass is 10.2. The third kappa shape index (κ3) is 4.89. The second kappa shape index (κ2) is 10.0. The molecule has 1 N–H and O–H groups in total. The van der Waals surface area contributed by atoms with Gasteiger partial charge in [-0.1, -0.05) is 11.8 Å². The van der Waals surface area contributed by atoms with Gasteiger partial charge in [-0.25, -0.2) is 13.4 Å². The molecule has 11 heteroatoms. The number of furan rings is 1. The Hall–Kier alpha value is -3.07. The van der Waals surface area contributed by atoms with Gasteiger partial charge in [0.25, 0.3) is 0 Å². The molecular formula is C23H25N5O4S2. The number of nitriles is 1. The standard InChI is InChI=1S/C23H25N5O4S2/c1-16-17(2)28(14-18-6-5-11-32-18)23(20(16)12-24)26-21(29)15-33-22-8-7-19(13-25-22)34(30,31)27-9-3-4-10-27/h5-8,11,13H,3-4,9-10,14-15H2,1-2H3,(H,26,29). The number of sulfonamides is 1. The van der Waals surface area contributed by atoms with Crippen LogP contribution in [0.5, 0.6) is 0 Å². The van der Waals surface area contributed by atoms with Crippen molar-refractivity contribution in [2.24, 2.45) is 0 Å². The van der Waals surface area contributed by atoms with Crippen molar-refractivity contribution < 1.29 is 17.6 Å². The number of thioether (sulfide) groups is 1. The summed E-state index contributed by atoms with van der Waals surface area (Å²) in [6, 6.07) is 8.93. The van der Waals surface area contributed by atoms with Gasteiger partial charge in [-0.05, 0) is 56.5 Å². The highest BCUT2D eigenvalue weighted by Crippen LogP contribution is 2.28. The summed E-state index contributed by atoms with van der Waals surface area (Å²) in [5, 5.41) is 13.0. The van der Waals surface area contributed by atoms with Crippen LogP contribution in [0.3, 0.4) is 0 Å². The Morgan fingerprint density at radius 1 is 1.26 bits per heavy atom. The van der Waals surface area contributed by atoms with Crippen LogP contribution < -0.4 is 5.32 Å². The van der Waals surface area contributed by atoms with Crippen molar-refractivity contribution in [1.82, 2.24) is 13.9 Å². The van der Waals surface area contributed by atoms with Crippen LogP contribution in [0.15, 0.2) is 51.1 Å². The second-order valence-electron chi connectivity index (χ2n) is 7.99. The molecule has 0 saturated carbocycles. The molecule has 0 radical (unpaired) electrons. The first-order valence-electron chi connectivity index (χ1n) is 10.8. The fraction of sp³-hybridized carbons (Fsp3) is 0.348. The molecule has 9 nitrogen and oxygen atoms in total.